The molecule has 158 valence electrons. The van der Waals surface area contributed by atoms with Crippen molar-refractivity contribution in [2.75, 3.05) is 19.6 Å². The second kappa shape index (κ2) is 9.34. The molecule has 2 aromatic heterocycles. The van der Waals surface area contributed by atoms with Crippen molar-refractivity contribution >= 4 is 0 Å². The normalized spacial score (nSPS) is 14.5. The molecule has 1 fully saturated rings. The van der Waals surface area contributed by atoms with Gasteiger partial charge in [0.05, 0.1) is 6.20 Å². The largest absolute Gasteiger partial charge is 0.472 e. The van der Waals surface area contributed by atoms with Crippen molar-refractivity contribution in [2.45, 2.75) is 32.2 Å². The van der Waals surface area contributed by atoms with Crippen LogP contribution in [0.1, 0.15) is 35.8 Å². The standard InChI is InChI=1S/C22H25FN4O3/c23-19-5-3-16(4-6-19)15-30-21-18(8-12-26-10-1-2-11-26)14-25-27(21)20-13-17(22(28)29)7-9-24-20/h3-7,9,13-14,22,28-29H,1-2,8,10-12,15H2. The molecule has 4 rings (SSSR count). The van der Waals surface area contributed by atoms with E-state index >= 15 is 0 Å². The Morgan fingerprint density at radius 1 is 1.10 bits per heavy atom. The summed E-state index contributed by atoms with van der Waals surface area (Å²) in [5.74, 6) is 0.691. The molecule has 0 radical (unpaired) electrons. The van der Waals surface area contributed by atoms with Crippen molar-refractivity contribution < 1.29 is 19.3 Å². The lowest BCUT2D eigenvalue weighted by Gasteiger charge is -2.15. The van der Waals surface area contributed by atoms with Crippen LogP contribution in [0.2, 0.25) is 0 Å². The molecule has 0 bridgehead atoms. The molecule has 3 aromatic rings. The first-order chi connectivity index (χ1) is 14.6. The summed E-state index contributed by atoms with van der Waals surface area (Å²) >= 11 is 0. The van der Waals surface area contributed by atoms with Crippen LogP contribution in [0.3, 0.4) is 0 Å². The fourth-order valence-electron chi connectivity index (χ4n) is 3.59. The van der Waals surface area contributed by atoms with Crippen LogP contribution in [-0.4, -0.2) is 49.5 Å². The molecular formula is C22H25FN4O3. The Morgan fingerprint density at radius 2 is 1.87 bits per heavy atom. The molecule has 3 heterocycles. The Labute approximate surface area is 174 Å². The molecule has 0 spiro atoms. The van der Waals surface area contributed by atoms with Gasteiger partial charge in [-0.05, 0) is 62.2 Å². The molecule has 0 saturated carbocycles. The van der Waals surface area contributed by atoms with Crippen molar-refractivity contribution in [3.05, 3.63) is 71.3 Å². The monoisotopic (exact) mass is 412 g/mol. The molecule has 0 atom stereocenters. The Kier molecular flexibility index (Phi) is 6.37. The van der Waals surface area contributed by atoms with E-state index < -0.39 is 6.29 Å². The third-order valence-electron chi connectivity index (χ3n) is 5.27. The average Bonchev–Trinajstić information content (AvgIpc) is 3.41. The van der Waals surface area contributed by atoms with Crippen LogP contribution in [0.25, 0.3) is 5.82 Å². The molecule has 7 nitrogen and oxygen atoms in total. The maximum Gasteiger partial charge on any atom is 0.221 e. The van der Waals surface area contributed by atoms with E-state index in [1.165, 1.54) is 37.2 Å². The molecule has 1 aliphatic heterocycles. The highest BCUT2D eigenvalue weighted by molar-refractivity contribution is 5.36. The Hall–Kier alpha value is -2.81. The number of likely N-dealkylation sites (tertiary alicyclic amines) is 1. The van der Waals surface area contributed by atoms with Gasteiger partial charge in [0.15, 0.2) is 12.1 Å². The summed E-state index contributed by atoms with van der Waals surface area (Å²) in [5, 5.41) is 23.4. The summed E-state index contributed by atoms with van der Waals surface area (Å²) in [5.41, 5.74) is 2.10. The molecule has 0 amide bonds. The molecule has 1 saturated heterocycles. The minimum atomic E-state index is -1.60. The predicted molar refractivity (Wildman–Crippen MR) is 109 cm³/mol. The van der Waals surface area contributed by atoms with Gasteiger partial charge in [-0.15, -0.1) is 0 Å². The van der Waals surface area contributed by atoms with Gasteiger partial charge in [0.25, 0.3) is 0 Å². The Bertz CT molecular complexity index is 969. The number of halogens is 1. The molecule has 8 heteroatoms. The molecule has 1 aliphatic rings. The number of pyridine rings is 1. The molecule has 0 unspecified atom stereocenters. The van der Waals surface area contributed by atoms with Crippen molar-refractivity contribution in [3.63, 3.8) is 0 Å². The predicted octanol–water partition coefficient (Wildman–Crippen LogP) is 2.61. The summed E-state index contributed by atoms with van der Waals surface area (Å²) in [6.07, 6.45) is 4.90. The number of hydrogen-bond acceptors (Lipinski definition) is 6. The number of benzene rings is 1. The zero-order valence-electron chi connectivity index (χ0n) is 16.6. The molecule has 0 aliphatic carbocycles. The van der Waals surface area contributed by atoms with E-state index in [-0.39, 0.29) is 12.4 Å². The lowest BCUT2D eigenvalue weighted by atomic mass is 10.2. The van der Waals surface area contributed by atoms with E-state index in [1.807, 2.05) is 0 Å². The van der Waals surface area contributed by atoms with E-state index in [0.29, 0.717) is 17.3 Å². The molecule has 1 aromatic carbocycles. The van der Waals surface area contributed by atoms with Crippen molar-refractivity contribution in [1.29, 1.82) is 0 Å². The summed E-state index contributed by atoms with van der Waals surface area (Å²) in [7, 11) is 0. The maximum absolute atomic E-state index is 13.2. The first-order valence-corrected chi connectivity index (χ1v) is 10.1. The number of ether oxygens (including phenoxy) is 1. The number of aromatic nitrogens is 3. The van der Waals surface area contributed by atoms with Crippen molar-refractivity contribution in [1.82, 2.24) is 19.7 Å². The van der Waals surface area contributed by atoms with Crippen LogP contribution in [0.15, 0.2) is 48.8 Å². The summed E-state index contributed by atoms with van der Waals surface area (Å²) in [6.45, 7) is 3.39. The number of aliphatic hydroxyl groups excluding tert-OH is 1. The zero-order valence-corrected chi connectivity index (χ0v) is 16.6. The topological polar surface area (TPSA) is 83.6 Å². The van der Waals surface area contributed by atoms with Gasteiger partial charge in [0, 0.05) is 23.9 Å². The zero-order chi connectivity index (χ0) is 20.9. The van der Waals surface area contributed by atoms with E-state index in [1.54, 1.807) is 29.1 Å². The highest BCUT2D eigenvalue weighted by Gasteiger charge is 2.18. The highest BCUT2D eigenvalue weighted by Crippen LogP contribution is 2.25. The minimum absolute atomic E-state index is 0.255. The van der Waals surface area contributed by atoms with Gasteiger partial charge < -0.3 is 19.8 Å². The molecule has 2 N–H and O–H groups in total. The van der Waals surface area contributed by atoms with Gasteiger partial charge in [-0.1, -0.05) is 12.1 Å². The Morgan fingerprint density at radius 3 is 2.60 bits per heavy atom. The Balaban J connectivity index is 1.59. The SMILES string of the molecule is OC(O)c1ccnc(-n2ncc(CCN3CCCC3)c2OCc2ccc(F)cc2)c1. The van der Waals surface area contributed by atoms with Gasteiger partial charge in [0.2, 0.25) is 5.88 Å². The van der Waals surface area contributed by atoms with Gasteiger partial charge >= 0.3 is 0 Å². The van der Waals surface area contributed by atoms with Crippen LogP contribution < -0.4 is 4.74 Å². The number of nitrogens with zero attached hydrogens (tertiary/aromatic N) is 4. The number of aliphatic hydroxyl groups is 2. The van der Waals surface area contributed by atoms with Crippen LogP contribution in [-0.2, 0) is 13.0 Å². The molecular weight excluding hydrogens is 387 g/mol. The third-order valence-corrected chi connectivity index (χ3v) is 5.27. The van der Waals surface area contributed by atoms with Crippen LogP contribution in [0, 0.1) is 5.82 Å². The van der Waals surface area contributed by atoms with Gasteiger partial charge in [-0.2, -0.15) is 9.78 Å². The molecule has 30 heavy (non-hydrogen) atoms. The van der Waals surface area contributed by atoms with Crippen LogP contribution in [0.5, 0.6) is 5.88 Å². The maximum atomic E-state index is 13.2. The quantitative estimate of drug-likeness (QED) is 0.554. The van der Waals surface area contributed by atoms with E-state index in [4.69, 9.17) is 4.74 Å². The fraction of sp³-hybridized carbons (Fsp3) is 0.364. The lowest BCUT2D eigenvalue weighted by molar-refractivity contribution is -0.0425. The fourth-order valence-corrected chi connectivity index (χ4v) is 3.59. The third kappa shape index (κ3) is 4.84. The van der Waals surface area contributed by atoms with Gasteiger partial charge in [-0.25, -0.2) is 9.37 Å². The van der Waals surface area contributed by atoms with E-state index in [2.05, 4.69) is 15.0 Å². The summed E-state index contributed by atoms with van der Waals surface area (Å²) < 4.78 is 20.9. The lowest BCUT2D eigenvalue weighted by Crippen LogP contribution is -2.22. The summed E-state index contributed by atoms with van der Waals surface area (Å²) in [6, 6.07) is 9.26. The second-order valence-corrected chi connectivity index (χ2v) is 7.42. The van der Waals surface area contributed by atoms with Crippen molar-refractivity contribution in [3.8, 4) is 11.7 Å². The van der Waals surface area contributed by atoms with E-state index in [9.17, 15) is 14.6 Å². The number of rotatable bonds is 8. The van der Waals surface area contributed by atoms with Gasteiger partial charge in [0.1, 0.15) is 12.4 Å². The smallest absolute Gasteiger partial charge is 0.221 e. The first kappa shape index (κ1) is 20.5. The van der Waals surface area contributed by atoms with E-state index in [0.717, 1.165) is 37.2 Å². The average molecular weight is 412 g/mol. The van der Waals surface area contributed by atoms with Crippen LogP contribution >= 0.6 is 0 Å². The highest BCUT2D eigenvalue weighted by atomic mass is 19.1. The van der Waals surface area contributed by atoms with Crippen LogP contribution in [0.4, 0.5) is 4.39 Å². The first-order valence-electron chi connectivity index (χ1n) is 10.1. The summed E-state index contributed by atoms with van der Waals surface area (Å²) in [4.78, 5) is 6.73. The van der Waals surface area contributed by atoms with Gasteiger partial charge in [-0.3, -0.25) is 0 Å². The number of hydrogen-bond donors (Lipinski definition) is 2. The van der Waals surface area contributed by atoms with Crippen molar-refractivity contribution in [2.24, 2.45) is 0 Å². The second-order valence-electron chi connectivity index (χ2n) is 7.42. The minimum Gasteiger partial charge on any atom is -0.472 e.